The van der Waals surface area contributed by atoms with Gasteiger partial charge in [0, 0.05) is 39.6 Å². The molecule has 44 heavy (non-hydrogen) atoms. The molecule has 1 heterocycles. The summed E-state index contributed by atoms with van der Waals surface area (Å²) in [4.78, 5) is 70.9. The highest BCUT2D eigenvalue weighted by molar-refractivity contribution is 5.96. The van der Waals surface area contributed by atoms with Gasteiger partial charge in [-0.1, -0.05) is 74.5 Å². The lowest BCUT2D eigenvalue weighted by Gasteiger charge is -2.35. The molecule has 1 saturated heterocycles. The highest BCUT2D eigenvalue weighted by Crippen LogP contribution is 2.15. The molecule has 3 unspecified atom stereocenters. The first-order valence-corrected chi connectivity index (χ1v) is 15.1. The number of rotatable bonds is 14. The van der Waals surface area contributed by atoms with Crippen molar-refractivity contribution in [3.8, 4) is 0 Å². The van der Waals surface area contributed by atoms with Gasteiger partial charge in [0.1, 0.15) is 18.1 Å². The lowest BCUT2D eigenvalue weighted by molar-refractivity contribution is -0.144. The minimum atomic E-state index is -1.45. The largest absolute Gasteiger partial charge is 0.481 e. The van der Waals surface area contributed by atoms with E-state index >= 15 is 0 Å². The van der Waals surface area contributed by atoms with Crippen LogP contribution < -0.4 is 10.6 Å². The molecule has 1 fully saturated rings. The van der Waals surface area contributed by atoms with E-state index in [1.807, 2.05) is 81.6 Å². The summed E-state index contributed by atoms with van der Waals surface area (Å²) in [6.45, 7) is 6.23. The topological polar surface area (TPSA) is 139 Å². The van der Waals surface area contributed by atoms with Crippen molar-refractivity contribution in [2.45, 2.75) is 57.7 Å². The maximum absolute atomic E-state index is 13.6. The number of nitrogens with one attached hydrogen (secondary N) is 2. The summed E-state index contributed by atoms with van der Waals surface area (Å²) in [5.74, 6) is -3.21. The molecule has 11 nitrogen and oxygen atoms in total. The fourth-order valence-electron chi connectivity index (χ4n) is 5.18. The molecule has 0 aromatic heterocycles. The molecule has 238 valence electrons. The number of piperazine rings is 1. The second kappa shape index (κ2) is 16.6. The molecular weight excluding hydrogens is 562 g/mol. The van der Waals surface area contributed by atoms with Gasteiger partial charge < -0.3 is 30.4 Å². The third-order valence-corrected chi connectivity index (χ3v) is 7.78. The number of likely N-dealkylation sites (N-methyl/N-ethyl adjacent to an activating group) is 2. The Kier molecular flexibility index (Phi) is 12.9. The number of carbonyl (C=O) groups excluding carboxylic acids is 4. The van der Waals surface area contributed by atoms with Crippen LogP contribution in [-0.4, -0.2) is 108 Å². The van der Waals surface area contributed by atoms with Gasteiger partial charge in [-0.2, -0.15) is 0 Å². The SMILES string of the molecule is CC(C)CC(C(=O)NC(CC(=O)O)C(=O)NC(Cc1ccccc1)C(=O)N1CCN(C)CC1)N(C)C(=O)Cc1ccccc1. The summed E-state index contributed by atoms with van der Waals surface area (Å²) in [5, 5.41) is 15.0. The Morgan fingerprint density at radius 3 is 1.91 bits per heavy atom. The van der Waals surface area contributed by atoms with E-state index < -0.39 is 42.3 Å². The number of carboxylic acids is 1. The molecule has 2 aromatic rings. The first-order valence-electron chi connectivity index (χ1n) is 15.1. The Bertz CT molecular complexity index is 1260. The van der Waals surface area contributed by atoms with Crippen molar-refractivity contribution in [2.75, 3.05) is 40.3 Å². The van der Waals surface area contributed by atoms with Gasteiger partial charge in [0.05, 0.1) is 12.8 Å². The van der Waals surface area contributed by atoms with E-state index in [1.54, 1.807) is 4.90 Å². The molecule has 3 rings (SSSR count). The second-order valence-corrected chi connectivity index (χ2v) is 11.9. The molecule has 1 aliphatic heterocycles. The van der Waals surface area contributed by atoms with Crippen molar-refractivity contribution < 1.29 is 29.1 Å². The van der Waals surface area contributed by atoms with Crippen LogP contribution in [0.25, 0.3) is 0 Å². The van der Waals surface area contributed by atoms with Crippen LogP contribution in [0.1, 0.15) is 37.8 Å². The molecule has 1 aliphatic rings. The van der Waals surface area contributed by atoms with Gasteiger partial charge in [0.25, 0.3) is 0 Å². The molecular formula is C33H45N5O6. The molecule has 0 spiro atoms. The van der Waals surface area contributed by atoms with Crippen LogP contribution in [0.15, 0.2) is 60.7 Å². The third-order valence-electron chi connectivity index (χ3n) is 7.78. The van der Waals surface area contributed by atoms with Gasteiger partial charge >= 0.3 is 5.97 Å². The summed E-state index contributed by atoms with van der Waals surface area (Å²) < 4.78 is 0. The zero-order valence-corrected chi connectivity index (χ0v) is 26.1. The fourth-order valence-corrected chi connectivity index (χ4v) is 5.18. The maximum Gasteiger partial charge on any atom is 0.305 e. The first kappa shape index (κ1) is 34.2. The van der Waals surface area contributed by atoms with Crippen LogP contribution in [0.5, 0.6) is 0 Å². The number of hydrogen-bond donors (Lipinski definition) is 3. The Labute approximate surface area is 259 Å². The van der Waals surface area contributed by atoms with Crippen LogP contribution in [0.2, 0.25) is 0 Å². The van der Waals surface area contributed by atoms with E-state index in [0.29, 0.717) is 32.6 Å². The van der Waals surface area contributed by atoms with Crippen molar-refractivity contribution in [3.63, 3.8) is 0 Å². The lowest BCUT2D eigenvalue weighted by Crippen LogP contribution is -2.59. The molecule has 2 aromatic carbocycles. The molecule has 3 atom stereocenters. The van der Waals surface area contributed by atoms with E-state index in [2.05, 4.69) is 15.5 Å². The first-order chi connectivity index (χ1) is 20.9. The number of carboxylic acid groups (broad SMARTS) is 1. The van der Waals surface area contributed by atoms with E-state index in [-0.39, 0.29) is 30.6 Å². The van der Waals surface area contributed by atoms with Gasteiger partial charge in [0.15, 0.2) is 0 Å². The van der Waals surface area contributed by atoms with Crippen LogP contribution in [0.4, 0.5) is 0 Å². The minimum absolute atomic E-state index is 0.0286. The normalized spacial score (nSPS) is 15.6. The van der Waals surface area contributed by atoms with Crippen LogP contribution >= 0.6 is 0 Å². The van der Waals surface area contributed by atoms with Gasteiger partial charge in [-0.15, -0.1) is 0 Å². The predicted octanol–water partition coefficient (Wildman–Crippen LogP) is 1.56. The Balaban J connectivity index is 1.79. The average Bonchev–Trinajstić information content (AvgIpc) is 2.99. The van der Waals surface area contributed by atoms with Gasteiger partial charge in [-0.25, -0.2) is 0 Å². The molecule has 0 saturated carbocycles. The smallest absolute Gasteiger partial charge is 0.305 e. The van der Waals surface area contributed by atoms with Gasteiger partial charge in [-0.05, 0) is 30.5 Å². The van der Waals surface area contributed by atoms with E-state index in [0.717, 1.165) is 11.1 Å². The van der Waals surface area contributed by atoms with Crippen LogP contribution in [0, 0.1) is 5.92 Å². The highest BCUT2D eigenvalue weighted by atomic mass is 16.4. The third kappa shape index (κ3) is 10.5. The summed E-state index contributed by atoms with van der Waals surface area (Å²) in [7, 11) is 3.51. The van der Waals surface area contributed by atoms with Crippen molar-refractivity contribution in [3.05, 3.63) is 71.8 Å². The summed E-state index contributed by atoms with van der Waals surface area (Å²) in [6, 6.07) is 15.1. The average molecular weight is 608 g/mol. The molecule has 11 heteroatoms. The molecule has 4 amide bonds. The summed E-state index contributed by atoms with van der Waals surface area (Å²) in [5.41, 5.74) is 1.63. The maximum atomic E-state index is 13.6. The molecule has 0 bridgehead atoms. The number of benzene rings is 2. The second-order valence-electron chi connectivity index (χ2n) is 11.9. The Morgan fingerprint density at radius 1 is 0.818 bits per heavy atom. The number of hydrogen-bond acceptors (Lipinski definition) is 6. The number of aliphatic carboxylic acids is 1. The van der Waals surface area contributed by atoms with Gasteiger partial charge in [0.2, 0.25) is 23.6 Å². The van der Waals surface area contributed by atoms with Crippen molar-refractivity contribution in [1.29, 1.82) is 0 Å². The van der Waals surface area contributed by atoms with E-state index in [4.69, 9.17) is 0 Å². The molecule has 0 radical (unpaired) electrons. The molecule has 3 N–H and O–H groups in total. The number of nitrogens with zero attached hydrogens (tertiary/aromatic N) is 3. The number of carbonyl (C=O) groups is 5. The van der Waals surface area contributed by atoms with E-state index in [9.17, 15) is 29.1 Å². The number of amides is 4. The van der Waals surface area contributed by atoms with Crippen molar-refractivity contribution in [1.82, 2.24) is 25.3 Å². The standard InChI is InChI=1S/C33H45N5O6/c1-23(2)19-28(37(4)29(39)21-25-13-9-6-10-14-25)32(43)34-26(22-30(40)41)31(42)35-27(20-24-11-7-5-8-12-24)33(44)38-17-15-36(3)16-18-38/h5-14,23,26-28H,15-22H2,1-4H3,(H,34,43)(H,35,42)(H,40,41). The van der Waals surface area contributed by atoms with E-state index in [1.165, 1.54) is 11.9 Å². The van der Waals surface area contributed by atoms with Gasteiger partial charge in [-0.3, -0.25) is 24.0 Å². The lowest BCUT2D eigenvalue weighted by atomic mass is 10.00. The van der Waals surface area contributed by atoms with Crippen molar-refractivity contribution >= 4 is 29.6 Å². The Hall–Kier alpha value is -4.25. The summed E-state index contributed by atoms with van der Waals surface area (Å²) in [6.07, 6.45) is -0.0801. The van der Waals surface area contributed by atoms with Crippen molar-refractivity contribution in [2.24, 2.45) is 5.92 Å². The van der Waals surface area contributed by atoms with Crippen LogP contribution in [-0.2, 0) is 36.8 Å². The monoisotopic (exact) mass is 607 g/mol. The molecule has 0 aliphatic carbocycles. The fraction of sp³-hybridized carbons (Fsp3) is 0.485. The highest BCUT2D eigenvalue weighted by Gasteiger charge is 2.35. The predicted molar refractivity (Wildman–Crippen MR) is 166 cm³/mol. The Morgan fingerprint density at radius 2 is 1.36 bits per heavy atom. The minimum Gasteiger partial charge on any atom is -0.481 e. The quantitative estimate of drug-likeness (QED) is 0.296. The summed E-state index contributed by atoms with van der Waals surface area (Å²) >= 11 is 0. The zero-order chi connectivity index (χ0) is 32.2. The van der Waals surface area contributed by atoms with Crippen LogP contribution in [0.3, 0.4) is 0 Å². The zero-order valence-electron chi connectivity index (χ0n) is 26.1.